The molecule has 1 aliphatic rings. The second kappa shape index (κ2) is 6.19. The summed E-state index contributed by atoms with van der Waals surface area (Å²) < 4.78 is 16.3. The fourth-order valence-electron chi connectivity index (χ4n) is 2.06. The quantitative estimate of drug-likeness (QED) is 0.813. The molecule has 1 aliphatic heterocycles. The molecule has 3 rings (SSSR count). The van der Waals surface area contributed by atoms with Crippen molar-refractivity contribution in [3.05, 3.63) is 59.7 Å². The molecule has 0 radical (unpaired) electrons. The molecule has 0 spiro atoms. The van der Waals surface area contributed by atoms with Crippen molar-refractivity contribution in [1.82, 2.24) is 0 Å². The molecule has 1 atom stereocenters. The molecule has 2 aromatic rings. The van der Waals surface area contributed by atoms with Crippen molar-refractivity contribution in [2.75, 3.05) is 6.61 Å². The van der Waals surface area contributed by atoms with Crippen molar-refractivity contribution in [1.29, 1.82) is 5.26 Å². The zero-order valence-corrected chi connectivity index (χ0v) is 11.7. The molecule has 110 valence electrons. The summed E-state index contributed by atoms with van der Waals surface area (Å²) in [6.07, 6.45) is -0.770. The molecule has 22 heavy (non-hydrogen) atoms. The van der Waals surface area contributed by atoms with Gasteiger partial charge in [-0.05, 0) is 29.8 Å². The minimum absolute atomic E-state index is 0.128. The summed E-state index contributed by atoms with van der Waals surface area (Å²) >= 11 is 0. The lowest BCUT2D eigenvalue weighted by Gasteiger charge is -2.24. The Balaban J connectivity index is 1.57. The van der Waals surface area contributed by atoms with E-state index >= 15 is 0 Å². The van der Waals surface area contributed by atoms with Crippen LogP contribution in [0.1, 0.15) is 11.1 Å². The minimum Gasteiger partial charge on any atom is -0.485 e. The van der Waals surface area contributed by atoms with Crippen LogP contribution in [-0.2, 0) is 16.1 Å². The summed E-state index contributed by atoms with van der Waals surface area (Å²) in [4.78, 5) is 12.0. The first-order valence-corrected chi connectivity index (χ1v) is 6.80. The van der Waals surface area contributed by atoms with E-state index in [1.54, 1.807) is 36.4 Å². The van der Waals surface area contributed by atoms with E-state index in [2.05, 4.69) is 0 Å². The second-order valence-corrected chi connectivity index (χ2v) is 4.78. The fraction of sp³-hybridized carbons (Fsp3) is 0.176. The fourth-order valence-corrected chi connectivity index (χ4v) is 2.06. The van der Waals surface area contributed by atoms with Gasteiger partial charge in [0.1, 0.15) is 13.2 Å². The van der Waals surface area contributed by atoms with Crippen LogP contribution in [0.15, 0.2) is 48.5 Å². The van der Waals surface area contributed by atoms with Crippen LogP contribution in [0.2, 0.25) is 0 Å². The van der Waals surface area contributed by atoms with Gasteiger partial charge in [-0.2, -0.15) is 5.26 Å². The first-order valence-electron chi connectivity index (χ1n) is 6.80. The third-order valence-electron chi connectivity index (χ3n) is 3.24. The van der Waals surface area contributed by atoms with E-state index in [1.807, 2.05) is 18.2 Å². The maximum atomic E-state index is 12.0. The van der Waals surface area contributed by atoms with Gasteiger partial charge in [-0.1, -0.05) is 24.3 Å². The van der Waals surface area contributed by atoms with Crippen molar-refractivity contribution in [3.63, 3.8) is 0 Å². The van der Waals surface area contributed by atoms with E-state index < -0.39 is 12.1 Å². The van der Waals surface area contributed by atoms with Gasteiger partial charge in [-0.25, -0.2) is 4.79 Å². The molecule has 0 aromatic heterocycles. The molecule has 0 unspecified atom stereocenters. The third-order valence-corrected chi connectivity index (χ3v) is 3.24. The van der Waals surface area contributed by atoms with E-state index in [1.165, 1.54) is 0 Å². The molecular formula is C17H13NO4. The highest BCUT2D eigenvalue weighted by Gasteiger charge is 2.28. The lowest BCUT2D eigenvalue weighted by molar-refractivity contribution is -0.155. The summed E-state index contributed by atoms with van der Waals surface area (Å²) in [6.45, 7) is 0.259. The molecule has 0 saturated heterocycles. The highest BCUT2D eigenvalue weighted by molar-refractivity contribution is 5.76. The molecule has 0 aliphatic carbocycles. The Bertz CT molecular complexity index is 718. The topological polar surface area (TPSA) is 68.5 Å². The molecule has 0 saturated carbocycles. The van der Waals surface area contributed by atoms with E-state index in [4.69, 9.17) is 19.5 Å². The molecule has 2 aromatic carbocycles. The van der Waals surface area contributed by atoms with Gasteiger partial charge in [0.25, 0.3) is 0 Å². The number of nitriles is 1. The lowest BCUT2D eigenvalue weighted by Crippen LogP contribution is -2.37. The largest absolute Gasteiger partial charge is 0.485 e. The predicted molar refractivity (Wildman–Crippen MR) is 77.3 cm³/mol. The van der Waals surface area contributed by atoms with Crippen LogP contribution in [0, 0.1) is 11.3 Å². The maximum absolute atomic E-state index is 12.0. The van der Waals surface area contributed by atoms with Gasteiger partial charge >= 0.3 is 5.97 Å². The van der Waals surface area contributed by atoms with Crippen LogP contribution in [0.3, 0.4) is 0 Å². The van der Waals surface area contributed by atoms with Crippen molar-refractivity contribution in [2.45, 2.75) is 12.7 Å². The number of esters is 1. The SMILES string of the molecule is N#Cc1ccc(COC(=O)[C@H]2COc3ccccc3O2)cc1. The zero-order chi connectivity index (χ0) is 15.4. The maximum Gasteiger partial charge on any atom is 0.351 e. The Kier molecular flexibility index (Phi) is 3.92. The van der Waals surface area contributed by atoms with Gasteiger partial charge in [-0.15, -0.1) is 0 Å². The molecule has 1 heterocycles. The summed E-state index contributed by atoms with van der Waals surface area (Å²) in [7, 11) is 0. The number of rotatable bonds is 3. The van der Waals surface area contributed by atoms with E-state index in [0.29, 0.717) is 17.1 Å². The van der Waals surface area contributed by atoms with Gasteiger partial charge in [0.2, 0.25) is 6.10 Å². The minimum atomic E-state index is -0.770. The summed E-state index contributed by atoms with van der Waals surface area (Å²) in [5.74, 6) is 0.687. The molecule has 0 N–H and O–H groups in total. The number of carbonyl (C=O) groups is 1. The highest BCUT2D eigenvalue weighted by atomic mass is 16.6. The van der Waals surface area contributed by atoms with Gasteiger partial charge in [0.15, 0.2) is 11.5 Å². The number of carbonyl (C=O) groups excluding carboxylic acids is 1. The van der Waals surface area contributed by atoms with Crippen LogP contribution in [-0.4, -0.2) is 18.7 Å². The van der Waals surface area contributed by atoms with E-state index in [-0.39, 0.29) is 13.2 Å². The van der Waals surface area contributed by atoms with Crippen LogP contribution in [0.4, 0.5) is 0 Å². The first kappa shape index (κ1) is 14.0. The number of hydrogen-bond donors (Lipinski definition) is 0. The van der Waals surface area contributed by atoms with Crippen LogP contribution < -0.4 is 9.47 Å². The van der Waals surface area contributed by atoms with Gasteiger partial charge in [-0.3, -0.25) is 0 Å². The Hall–Kier alpha value is -3.00. The molecular weight excluding hydrogens is 282 g/mol. The normalized spacial score (nSPS) is 15.7. The van der Waals surface area contributed by atoms with Crippen LogP contribution in [0.25, 0.3) is 0 Å². The van der Waals surface area contributed by atoms with E-state index in [9.17, 15) is 4.79 Å². The van der Waals surface area contributed by atoms with Crippen molar-refractivity contribution >= 4 is 5.97 Å². The third kappa shape index (κ3) is 3.01. The molecule has 0 fully saturated rings. The molecule has 0 amide bonds. The first-order chi connectivity index (χ1) is 10.8. The number of fused-ring (bicyclic) bond motifs is 1. The van der Waals surface area contributed by atoms with E-state index in [0.717, 1.165) is 5.56 Å². The Morgan fingerprint density at radius 3 is 2.64 bits per heavy atom. The van der Waals surface area contributed by atoms with Crippen molar-refractivity contribution < 1.29 is 19.0 Å². The smallest absolute Gasteiger partial charge is 0.351 e. The number of para-hydroxylation sites is 2. The Morgan fingerprint density at radius 1 is 1.18 bits per heavy atom. The lowest BCUT2D eigenvalue weighted by atomic mass is 10.2. The highest BCUT2D eigenvalue weighted by Crippen LogP contribution is 2.31. The molecule has 0 bridgehead atoms. The van der Waals surface area contributed by atoms with Gasteiger partial charge in [0.05, 0.1) is 11.6 Å². The van der Waals surface area contributed by atoms with Crippen LogP contribution in [0.5, 0.6) is 11.5 Å². The summed E-state index contributed by atoms with van der Waals surface area (Å²) in [5, 5.41) is 8.73. The summed E-state index contributed by atoms with van der Waals surface area (Å²) in [5.41, 5.74) is 1.38. The second-order valence-electron chi connectivity index (χ2n) is 4.78. The number of benzene rings is 2. The number of nitrogens with zero attached hydrogens (tertiary/aromatic N) is 1. The average Bonchev–Trinajstić information content (AvgIpc) is 2.59. The Morgan fingerprint density at radius 2 is 1.91 bits per heavy atom. The van der Waals surface area contributed by atoms with Crippen molar-refractivity contribution in [3.8, 4) is 17.6 Å². The number of ether oxygens (including phenoxy) is 3. The van der Waals surface area contributed by atoms with Gasteiger partial charge in [0, 0.05) is 0 Å². The predicted octanol–water partition coefficient (Wildman–Crippen LogP) is 2.44. The molecule has 5 heteroatoms. The average molecular weight is 295 g/mol. The number of hydrogen-bond acceptors (Lipinski definition) is 5. The standard InChI is InChI=1S/C17H13NO4/c18-9-12-5-7-13(8-6-12)10-21-17(19)16-11-20-14-3-1-2-4-15(14)22-16/h1-8,16H,10-11H2/t16-/m1/s1. The molecule has 5 nitrogen and oxygen atoms in total. The van der Waals surface area contributed by atoms with Crippen molar-refractivity contribution in [2.24, 2.45) is 0 Å². The van der Waals surface area contributed by atoms with Gasteiger partial charge < -0.3 is 14.2 Å². The summed E-state index contributed by atoms with van der Waals surface area (Å²) in [6, 6.07) is 16.1. The van der Waals surface area contributed by atoms with Crippen LogP contribution >= 0.6 is 0 Å². The zero-order valence-electron chi connectivity index (χ0n) is 11.7. The Labute approximate surface area is 127 Å². The monoisotopic (exact) mass is 295 g/mol.